The number of rotatable bonds is 8. The van der Waals surface area contributed by atoms with E-state index in [0.717, 1.165) is 39.1 Å². The van der Waals surface area contributed by atoms with Gasteiger partial charge in [0.2, 0.25) is 5.60 Å². The number of hydrogen-bond acceptors (Lipinski definition) is 11. The van der Waals surface area contributed by atoms with E-state index >= 15 is 0 Å². The lowest BCUT2D eigenvalue weighted by Crippen LogP contribution is -2.70. The maximum Gasteiger partial charge on any atom is 0.350 e. The van der Waals surface area contributed by atoms with Crippen molar-refractivity contribution in [2.75, 3.05) is 5.73 Å². The van der Waals surface area contributed by atoms with Crippen molar-refractivity contribution in [3.63, 3.8) is 0 Å². The number of carbonyl (C=O) groups excluding carboxylic acids is 2. The van der Waals surface area contributed by atoms with Gasteiger partial charge in [-0.15, -0.1) is 23.1 Å². The lowest BCUT2D eigenvalue weighted by molar-refractivity contribution is -0.693. The molecule has 0 unspecified atom stereocenters. The predicted octanol–water partition coefficient (Wildman–Crippen LogP) is 2.23. The number of aromatic nitrogens is 2. The maximum absolute atomic E-state index is 13.4. The van der Waals surface area contributed by atoms with Crippen molar-refractivity contribution in [1.29, 1.82) is 0 Å². The molecule has 43 heavy (non-hydrogen) atoms. The molecule has 3 aromatic rings. The standard InChI is InChI=1S/C28H30N6O7S2/c1-12-6-15-7-19(35)20(36)8-16(15)9-33(12)10-17-13(2)34-24(38)22(25(34)43-14(17)3)31-23(37)21(18-11-42-27(29)30-18)32-41-28(4,5)26(39)40/h6-9,11,14,22,25H,10H2,1-5H3,(H5,29,30,31,36,37,39,40)/p+1/b32-21-/t14-,22-,25-/m1/s1. The van der Waals surface area contributed by atoms with Crippen LogP contribution in [0.5, 0.6) is 11.5 Å². The van der Waals surface area contributed by atoms with Crippen LogP contribution in [0.3, 0.4) is 0 Å². The number of aryl methyl sites for hydroxylation is 1. The minimum Gasteiger partial charge on any atom is -0.504 e. The number of hydrogen-bond donors (Lipinski definition) is 5. The van der Waals surface area contributed by atoms with Crippen molar-refractivity contribution in [2.45, 2.75) is 63.4 Å². The van der Waals surface area contributed by atoms with Crippen molar-refractivity contribution in [3.8, 4) is 11.5 Å². The molecule has 1 aromatic carbocycles. The topological polar surface area (TPSA) is 192 Å². The van der Waals surface area contributed by atoms with Crippen LogP contribution in [0.15, 0.2) is 46.2 Å². The van der Waals surface area contributed by atoms with E-state index in [0.29, 0.717) is 6.54 Å². The van der Waals surface area contributed by atoms with Crippen LogP contribution in [0.1, 0.15) is 39.1 Å². The summed E-state index contributed by atoms with van der Waals surface area (Å²) in [7, 11) is 0. The van der Waals surface area contributed by atoms with Crippen LogP contribution in [0, 0.1) is 6.92 Å². The molecule has 0 spiro atoms. The van der Waals surface area contributed by atoms with Crippen molar-refractivity contribution in [3.05, 3.63) is 52.4 Å². The molecule has 5 rings (SSSR count). The van der Waals surface area contributed by atoms with E-state index in [1.165, 1.54) is 43.1 Å². The quantitative estimate of drug-likeness (QED) is 0.0814. The molecule has 3 atom stereocenters. The fourth-order valence-electron chi connectivity index (χ4n) is 4.86. The third-order valence-electron chi connectivity index (χ3n) is 7.48. The van der Waals surface area contributed by atoms with Gasteiger partial charge in [0.05, 0.1) is 0 Å². The first-order chi connectivity index (χ1) is 20.2. The Kier molecular flexibility index (Phi) is 7.73. The number of nitrogens with one attached hydrogen (secondary N) is 1. The van der Waals surface area contributed by atoms with E-state index in [2.05, 4.69) is 15.5 Å². The highest BCUT2D eigenvalue weighted by Crippen LogP contribution is 2.44. The van der Waals surface area contributed by atoms with E-state index in [9.17, 15) is 29.7 Å². The Labute approximate surface area is 254 Å². The fraction of sp³-hybridized carbons (Fsp3) is 0.357. The highest BCUT2D eigenvalue weighted by Gasteiger charge is 2.53. The number of thioether (sulfide) groups is 1. The van der Waals surface area contributed by atoms with Gasteiger partial charge in [0, 0.05) is 40.3 Å². The third-order valence-corrected chi connectivity index (χ3v) is 9.61. The number of carbonyl (C=O) groups is 3. The average Bonchev–Trinajstić information content (AvgIpc) is 3.36. The van der Waals surface area contributed by atoms with Crippen molar-refractivity contribution < 1.29 is 39.1 Å². The van der Waals surface area contributed by atoms with Crippen LogP contribution < -0.4 is 15.6 Å². The number of thiazole rings is 1. The number of nitrogens with two attached hydrogens (primary N) is 1. The summed E-state index contributed by atoms with van der Waals surface area (Å²) in [5.41, 5.74) is 6.57. The molecule has 2 aliphatic rings. The van der Waals surface area contributed by atoms with Gasteiger partial charge in [0.1, 0.15) is 17.1 Å². The first-order valence-corrected chi connectivity index (χ1v) is 15.1. The largest absolute Gasteiger partial charge is 0.504 e. The Morgan fingerprint density at radius 3 is 2.51 bits per heavy atom. The third kappa shape index (κ3) is 5.57. The molecule has 4 heterocycles. The molecule has 1 saturated heterocycles. The van der Waals surface area contributed by atoms with Crippen LogP contribution in [-0.4, -0.2) is 71.0 Å². The number of carboxylic acid groups (broad SMARTS) is 1. The Balaban J connectivity index is 1.37. The lowest BCUT2D eigenvalue weighted by Gasteiger charge is -2.51. The number of fused-ring (bicyclic) bond motifs is 2. The van der Waals surface area contributed by atoms with E-state index < -0.39 is 23.5 Å². The van der Waals surface area contributed by atoms with Gasteiger partial charge in [-0.25, -0.2) is 9.78 Å². The van der Waals surface area contributed by atoms with Gasteiger partial charge in [-0.05, 0) is 45.2 Å². The summed E-state index contributed by atoms with van der Waals surface area (Å²) in [4.78, 5) is 49.1. The number of pyridine rings is 1. The van der Waals surface area contributed by atoms with Gasteiger partial charge in [0.25, 0.3) is 11.8 Å². The molecule has 13 nitrogen and oxygen atoms in total. The Morgan fingerprint density at radius 1 is 1.21 bits per heavy atom. The van der Waals surface area contributed by atoms with E-state index in [1.807, 2.05) is 37.6 Å². The zero-order valence-corrected chi connectivity index (χ0v) is 25.6. The molecule has 2 aromatic heterocycles. The van der Waals surface area contributed by atoms with E-state index in [-0.39, 0.29) is 44.6 Å². The highest BCUT2D eigenvalue weighted by atomic mass is 32.2. The molecule has 0 saturated carbocycles. The second-order valence-electron chi connectivity index (χ2n) is 10.9. The molecule has 0 aliphatic carbocycles. The van der Waals surface area contributed by atoms with Gasteiger partial charge in [-0.2, -0.15) is 4.57 Å². The van der Waals surface area contributed by atoms with Gasteiger partial charge in [0.15, 0.2) is 40.8 Å². The van der Waals surface area contributed by atoms with E-state index in [4.69, 9.17) is 10.6 Å². The number of β-lactam (4-membered cyclic amide) rings is 1. The Morgan fingerprint density at radius 2 is 1.88 bits per heavy atom. The van der Waals surface area contributed by atoms with Crippen LogP contribution in [0.4, 0.5) is 5.13 Å². The molecule has 2 amide bonds. The number of phenols is 2. The zero-order valence-electron chi connectivity index (χ0n) is 24.0. The molecule has 1 fully saturated rings. The minimum atomic E-state index is -1.72. The first-order valence-electron chi connectivity index (χ1n) is 13.2. The van der Waals surface area contributed by atoms with E-state index in [1.54, 1.807) is 4.90 Å². The second kappa shape index (κ2) is 11.0. The molecule has 0 bridgehead atoms. The van der Waals surface area contributed by atoms with Gasteiger partial charge in [-0.3, -0.25) is 14.5 Å². The predicted molar refractivity (Wildman–Crippen MR) is 160 cm³/mol. The number of aliphatic carboxylic acids is 1. The number of oxime groups is 1. The number of nitrogens with zero attached hydrogens (tertiary/aromatic N) is 4. The Hall–Kier alpha value is -4.37. The summed E-state index contributed by atoms with van der Waals surface area (Å²) in [6.07, 6.45) is 1.90. The van der Waals surface area contributed by atoms with Gasteiger partial charge < -0.3 is 31.2 Å². The molecular weight excluding hydrogens is 596 g/mol. The van der Waals surface area contributed by atoms with Crippen molar-refractivity contribution in [2.24, 2.45) is 5.16 Å². The Bertz CT molecular complexity index is 1730. The normalized spacial score (nSPS) is 20.6. The molecule has 15 heteroatoms. The number of carboxylic acids is 1. The van der Waals surface area contributed by atoms with Crippen molar-refractivity contribution in [1.82, 2.24) is 15.2 Å². The lowest BCUT2D eigenvalue weighted by atomic mass is 10.0. The summed E-state index contributed by atoms with van der Waals surface area (Å²) >= 11 is 2.61. The zero-order chi connectivity index (χ0) is 31.4. The number of nitrogen functional groups attached to an aromatic ring is 1. The summed E-state index contributed by atoms with van der Waals surface area (Å²) < 4.78 is 2.03. The molecular formula is C28H31N6O7S2+. The number of phenolic OH excluding ortho intramolecular Hbond substituents is 2. The minimum absolute atomic E-state index is 0.00394. The molecule has 2 aliphatic heterocycles. The molecule has 0 radical (unpaired) electrons. The number of anilines is 1. The molecule has 6 N–H and O–H groups in total. The second-order valence-corrected chi connectivity index (χ2v) is 13.2. The van der Waals surface area contributed by atoms with Crippen LogP contribution in [0.2, 0.25) is 0 Å². The van der Waals surface area contributed by atoms with Crippen LogP contribution in [0.25, 0.3) is 10.8 Å². The average molecular weight is 628 g/mol. The highest BCUT2D eigenvalue weighted by molar-refractivity contribution is 8.00. The van der Waals surface area contributed by atoms with Gasteiger partial charge in [-0.1, -0.05) is 5.16 Å². The maximum atomic E-state index is 13.4. The summed E-state index contributed by atoms with van der Waals surface area (Å²) in [6.45, 7) is 8.93. The van der Waals surface area contributed by atoms with Crippen molar-refractivity contribution >= 4 is 62.5 Å². The number of allylic oxidation sites excluding steroid dienone is 1. The monoisotopic (exact) mass is 627 g/mol. The first kappa shape index (κ1) is 30.1. The van der Waals surface area contributed by atoms with Crippen LogP contribution >= 0.6 is 23.1 Å². The SMILES string of the molecule is CC1=C(C[n+]2cc3cc(O)c(O)cc3cc2C)[C@@H](C)S[C@@H]2[C@H](NC(=O)/C(=N\OC(C)(C)C(=O)O)c3csc(N)n3)C(=O)N12. The number of benzene rings is 1. The fourth-order valence-corrected chi connectivity index (χ4v) is 6.96. The molecule has 226 valence electrons. The van der Waals surface area contributed by atoms with Gasteiger partial charge >= 0.3 is 5.97 Å². The number of aromatic hydroxyl groups is 2. The summed E-state index contributed by atoms with van der Waals surface area (Å²) in [6, 6.07) is 4.09. The summed E-state index contributed by atoms with van der Waals surface area (Å²) in [5.74, 6) is -2.71. The smallest absolute Gasteiger partial charge is 0.350 e. The summed E-state index contributed by atoms with van der Waals surface area (Å²) in [5, 5.41) is 38.6. The number of amides is 2. The van der Waals surface area contributed by atoms with Crippen LogP contribution in [-0.2, 0) is 25.8 Å².